The average molecular weight is 286 g/mol. The highest BCUT2D eigenvalue weighted by atomic mass is 35.5. The molecular formula is C13H14ClF2N3. The Morgan fingerprint density at radius 3 is 2.63 bits per heavy atom. The second kappa shape index (κ2) is 5.57. The maximum atomic E-state index is 13.6. The zero-order valence-electron chi connectivity index (χ0n) is 10.7. The molecule has 0 aliphatic heterocycles. The van der Waals surface area contributed by atoms with Crippen LogP contribution >= 0.6 is 11.6 Å². The number of nitrogens with zero attached hydrogens (tertiary/aromatic N) is 2. The summed E-state index contributed by atoms with van der Waals surface area (Å²) in [5, 5.41) is 7.18. The van der Waals surface area contributed by atoms with E-state index >= 15 is 0 Å². The highest BCUT2D eigenvalue weighted by Crippen LogP contribution is 2.26. The Balaban J connectivity index is 2.16. The topological polar surface area (TPSA) is 29.9 Å². The Morgan fingerprint density at radius 1 is 1.32 bits per heavy atom. The van der Waals surface area contributed by atoms with E-state index in [1.54, 1.807) is 4.68 Å². The predicted octanol–water partition coefficient (Wildman–Crippen LogP) is 3.53. The van der Waals surface area contributed by atoms with Crippen molar-refractivity contribution in [2.45, 2.75) is 19.9 Å². The average Bonchev–Trinajstić information content (AvgIpc) is 2.69. The van der Waals surface area contributed by atoms with E-state index in [0.717, 1.165) is 29.9 Å². The lowest BCUT2D eigenvalue weighted by Gasteiger charge is -2.09. The number of hydrogen-bond donors (Lipinski definition) is 1. The molecule has 102 valence electrons. The molecule has 0 spiro atoms. The molecule has 0 bridgehead atoms. The first kappa shape index (κ1) is 13.8. The van der Waals surface area contributed by atoms with E-state index in [1.807, 2.05) is 20.0 Å². The molecule has 0 aliphatic rings. The van der Waals surface area contributed by atoms with Crippen LogP contribution in [0.5, 0.6) is 0 Å². The molecule has 0 fully saturated rings. The molecule has 0 atom stereocenters. The number of hydrogen-bond acceptors (Lipinski definition) is 2. The molecule has 0 amide bonds. The monoisotopic (exact) mass is 285 g/mol. The van der Waals surface area contributed by atoms with Crippen molar-refractivity contribution in [3.63, 3.8) is 0 Å². The van der Waals surface area contributed by atoms with Gasteiger partial charge in [0, 0.05) is 13.1 Å². The van der Waals surface area contributed by atoms with Crippen molar-refractivity contribution >= 4 is 17.3 Å². The first-order valence-electron chi connectivity index (χ1n) is 5.91. The number of aromatic nitrogens is 2. The molecule has 0 aliphatic carbocycles. The van der Waals surface area contributed by atoms with Crippen LogP contribution in [0.4, 0.5) is 14.5 Å². The van der Waals surface area contributed by atoms with E-state index in [2.05, 4.69) is 10.4 Å². The van der Waals surface area contributed by atoms with Crippen molar-refractivity contribution in [2.24, 2.45) is 7.05 Å². The lowest BCUT2D eigenvalue weighted by Crippen LogP contribution is -2.07. The van der Waals surface area contributed by atoms with Gasteiger partial charge < -0.3 is 5.32 Å². The lowest BCUT2D eigenvalue weighted by molar-refractivity contribution is 0.585. The fourth-order valence-electron chi connectivity index (χ4n) is 1.80. The van der Waals surface area contributed by atoms with E-state index in [-0.39, 0.29) is 10.7 Å². The van der Waals surface area contributed by atoms with Crippen molar-refractivity contribution in [3.8, 4) is 0 Å². The van der Waals surface area contributed by atoms with Crippen molar-refractivity contribution < 1.29 is 8.78 Å². The highest BCUT2D eigenvalue weighted by Gasteiger charge is 2.11. The van der Waals surface area contributed by atoms with Crippen LogP contribution in [-0.2, 0) is 20.0 Å². The molecule has 0 saturated carbocycles. The third kappa shape index (κ3) is 3.04. The van der Waals surface area contributed by atoms with E-state index < -0.39 is 11.6 Å². The Bertz CT molecular complexity index is 573. The second-order valence-corrected chi connectivity index (χ2v) is 4.61. The highest BCUT2D eigenvalue weighted by molar-refractivity contribution is 6.33. The lowest BCUT2D eigenvalue weighted by atomic mass is 10.2. The fourth-order valence-corrected chi connectivity index (χ4v) is 2.06. The van der Waals surface area contributed by atoms with Gasteiger partial charge in [-0.15, -0.1) is 0 Å². The maximum absolute atomic E-state index is 13.6. The standard InChI is InChI=1S/C13H14ClF2N3/c1-3-9-6-10(19(2)18-9)7-17-13-11(14)4-8(15)5-12(13)16/h4-6,17H,3,7H2,1-2H3. The molecule has 3 nitrogen and oxygen atoms in total. The number of rotatable bonds is 4. The zero-order valence-corrected chi connectivity index (χ0v) is 11.4. The third-order valence-electron chi connectivity index (χ3n) is 2.84. The summed E-state index contributed by atoms with van der Waals surface area (Å²) in [7, 11) is 1.82. The second-order valence-electron chi connectivity index (χ2n) is 4.20. The summed E-state index contributed by atoms with van der Waals surface area (Å²) in [6.07, 6.45) is 0.833. The van der Waals surface area contributed by atoms with Crippen LogP contribution < -0.4 is 5.32 Å². The van der Waals surface area contributed by atoms with Crippen LogP contribution in [0.15, 0.2) is 18.2 Å². The maximum Gasteiger partial charge on any atom is 0.150 e. The molecule has 2 rings (SSSR count). The largest absolute Gasteiger partial charge is 0.376 e. The van der Waals surface area contributed by atoms with Gasteiger partial charge in [0.2, 0.25) is 0 Å². The zero-order chi connectivity index (χ0) is 14.0. The quantitative estimate of drug-likeness (QED) is 0.931. The first-order valence-corrected chi connectivity index (χ1v) is 6.29. The summed E-state index contributed by atoms with van der Waals surface area (Å²) in [5.74, 6) is -1.40. The molecule has 1 N–H and O–H groups in total. The van der Waals surface area contributed by atoms with Crippen LogP contribution in [0.1, 0.15) is 18.3 Å². The smallest absolute Gasteiger partial charge is 0.150 e. The first-order chi connectivity index (χ1) is 9.01. The minimum absolute atomic E-state index is 0.0235. The molecular weight excluding hydrogens is 272 g/mol. The molecule has 1 aromatic heterocycles. The van der Waals surface area contributed by atoms with Gasteiger partial charge in [-0.25, -0.2) is 8.78 Å². The van der Waals surface area contributed by atoms with Gasteiger partial charge in [-0.05, 0) is 18.6 Å². The van der Waals surface area contributed by atoms with Gasteiger partial charge in [0.25, 0.3) is 0 Å². The molecule has 0 saturated heterocycles. The SMILES string of the molecule is CCc1cc(CNc2c(F)cc(F)cc2Cl)n(C)n1. The molecule has 0 radical (unpaired) electrons. The van der Waals surface area contributed by atoms with Gasteiger partial charge in [0.1, 0.15) is 5.82 Å². The van der Waals surface area contributed by atoms with E-state index in [0.29, 0.717) is 6.54 Å². The summed E-state index contributed by atoms with van der Waals surface area (Å²) >= 11 is 5.81. The van der Waals surface area contributed by atoms with Crippen LogP contribution in [0, 0.1) is 11.6 Å². The number of benzene rings is 1. The van der Waals surface area contributed by atoms with Gasteiger partial charge in [0.15, 0.2) is 5.82 Å². The Labute approximate surface area is 115 Å². The molecule has 19 heavy (non-hydrogen) atoms. The van der Waals surface area contributed by atoms with Gasteiger partial charge in [-0.3, -0.25) is 4.68 Å². The Kier molecular flexibility index (Phi) is 4.04. The minimum Gasteiger partial charge on any atom is -0.376 e. The van der Waals surface area contributed by atoms with Gasteiger partial charge in [0.05, 0.1) is 28.6 Å². The van der Waals surface area contributed by atoms with Crippen molar-refractivity contribution in [2.75, 3.05) is 5.32 Å². The molecule has 0 unspecified atom stereocenters. The van der Waals surface area contributed by atoms with Gasteiger partial charge >= 0.3 is 0 Å². The number of anilines is 1. The van der Waals surface area contributed by atoms with Crippen LogP contribution in [0.2, 0.25) is 5.02 Å². The summed E-state index contributed by atoms with van der Waals surface area (Å²) in [5.41, 5.74) is 1.96. The fraction of sp³-hybridized carbons (Fsp3) is 0.308. The van der Waals surface area contributed by atoms with E-state index in [1.165, 1.54) is 0 Å². The number of aryl methyl sites for hydroxylation is 2. The summed E-state index contributed by atoms with van der Waals surface area (Å²) < 4.78 is 28.2. The molecule has 1 heterocycles. The number of nitrogens with one attached hydrogen (secondary N) is 1. The molecule has 1 aromatic carbocycles. The van der Waals surface area contributed by atoms with Crippen molar-refractivity contribution in [1.82, 2.24) is 9.78 Å². The summed E-state index contributed by atoms with van der Waals surface area (Å²) in [4.78, 5) is 0. The van der Waals surface area contributed by atoms with Crippen LogP contribution in [-0.4, -0.2) is 9.78 Å². The third-order valence-corrected chi connectivity index (χ3v) is 3.14. The summed E-state index contributed by atoms with van der Waals surface area (Å²) in [6, 6.07) is 3.81. The van der Waals surface area contributed by atoms with Gasteiger partial charge in [-0.2, -0.15) is 5.10 Å². The van der Waals surface area contributed by atoms with Crippen LogP contribution in [0.25, 0.3) is 0 Å². The normalized spacial score (nSPS) is 10.8. The van der Waals surface area contributed by atoms with Crippen molar-refractivity contribution in [3.05, 3.63) is 46.2 Å². The van der Waals surface area contributed by atoms with E-state index in [4.69, 9.17) is 11.6 Å². The Morgan fingerprint density at radius 2 is 2.05 bits per heavy atom. The minimum atomic E-state index is -0.706. The van der Waals surface area contributed by atoms with Crippen molar-refractivity contribution in [1.29, 1.82) is 0 Å². The van der Waals surface area contributed by atoms with Gasteiger partial charge in [-0.1, -0.05) is 18.5 Å². The Hall–Kier alpha value is -1.62. The van der Waals surface area contributed by atoms with Crippen LogP contribution in [0.3, 0.4) is 0 Å². The molecule has 2 aromatic rings. The number of halogens is 3. The predicted molar refractivity (Wildman–Crippen MR) is 71.3 cm³/mol. The molecule has 6 heteroatoms. The van der Waals surface area contributed by atoms with E-state index in [9.17, 15) is 8.78 Å². The summed E-state index contributed by atoms with van der Waals surface area (Å²) in [6.45, 7) is 2.38.